The summed E-state index contributed by atoms with van der Waals surface area (Å²) in [5.74, 6) is 1.46. The number of anilines is 1. The number of pyridine rings is 1. The standard InChI is InChI=1S/C19H25N5O/c1-12-13(2)21-18(23-19(12)25)14-3-6-17(20-11-14)22-15-7-9-24(10-8-15)16-4-5-16/h3,6,11,15-16H,4-5,7-10H2,1-2H3,(H,20,22)(H,21,23,25). The summed E-state index contributed by atoms with van der Waals surface area (Å²) in [6, 6.07) is 5.29. The number of nitrogens with zero attached hydrogens (tertiary/aromatic N) is 3. The van der Waals surface area contributed by atoms with E-state index >= 15 is 0 Å². The van der Waals surface area contributed by atoms with E-state index in [0.29, 0.717) is 17.4 Å². The van der Waals surface area contributed by atoms with Gasteiger partial charge < -0.3 is 15.2 Å². The molecule has 2 fully saturated rings. The van der Waals surface area contributed by atoms with Gasteiger partial charge in [0.25, 0.3) is 5.56 Å². The molecule has 0 amide bonds. The Kier molecular flexibility index (Phi) is 4.29. The van der Waals surface area contributed by atoms with Crippen molar-refractivity contribution in [2.24, 2.45) is 0 Å². The Labute approximate surface area is 147 Å². The van der Waals surface area contributed by atoms with Crippen LogP contribution in [0.25, 0.3) is 11.4 Å². The minimum Gasteiger partial charge on any atom is -0.367 e. The van der Waals surface area contributed by atoms with Gasteiger partial charge in [0.05, 0.1) is 0 Å². The topological polar surface area (TPSA) is 73.9 Å². The number of nitrogens with one attached hydrogen (secondary N) is 2. The predicted octanol–water partition coefficient (Wildman–Crippen LogP) is 2.49. The van der Waals surface area contributed by atoms with E-state index in [2.05, 4.69) is 25.2 Å². The van der Waals surface area contributed by atoms with Gasteiger partial charge in [0.1, 0.15) is 11.6 Å². The van der Waals surface area contributed by atoms with Gasteiger partial charge in [-0.1, -0.05) is 0 Å². The molecule has 4 rings (SSSR count). The second-order valence-electron chi connectivity index (χ2n) is 7.24. The highest BCUT2D eigenvalue weighted by Crippen LogP contribution is 2.29. The molecule has 2 aliphatic rings. The summed E-state index contributed by atoms with van der Waals surface area (Å²) in [5.41, 5.74) is 2.15. The lowest BCUT2D eigenvalue weighted by Gasteiger charge is -2.32. The molecule has 0 atom stereocenters. The number of aromatic nitrogens is 3. The van der Waals surface area contributed by atoms with Crippen LogP contribution in [0.1, 0.15) is 36.9 Å². The molecule has 1 saturated heterocycles. The Morgan fingerprint density at radius 2 is 1.92 bits per heavy atom. The van der Waals surface area contributed by atoms with Crippen LogP contribution in [-0.2, 0) is 0 Å². The summed E-state index contributed by atoms with van der Waals surface area (Å²) in [6.07, 6.45) is 6.89. The molecule has 6 heteroatoms. The number of aryl methyl sites for hydroxylation is 1. The largest absolute Gasteiger partial charge is 0.367 e. The molecular formula is C19H25N5O. The second-order valence-corrected chi connectivity index (χ2v) is 7.24. The van der Waals surface area contributed by atoms with Crippen molar-refractivity contribution in [1.29, 1.82) is 0 Å². The molecule has 2 aromatic heterocycles. The van der Waals surface area contributed by atoms with Crippen molar-refractivity contribution in [2.45, 2.75) is 51.6 Å². The molecule has 0 unspecified atom stereocenters. The van der Waals surface area contributed by atoms with Crippen molar-refractivity contribution in [1.82, 2.24) is 19.9 Å². The molecule has 132 valence electrons. The Morgan fingerprint density at radius 3 is 2.52 bits per heavy atom. The SMILES string of the molecule is Cc1nc(-c2ccc(NC3CCN(C4CC4)CC3)nc2)[nH]c(=O)c1C. The summed E-state index contributed by atoms with van der Waals surface area (Å²) in [7, 11) is 0. The zero-order chi connectivity index (χ0) is 17.4. The highest BCUT2D eigenvalue weighted by atomic mass is 16.1. The van der Waals surface area contributed by atoms with Crippen molar-refractivity contribution in [3.8, 4) is 11.4 Å². The second kappa shape index (κ2) is 6.59. The summed E-state index contributed by atoms with van der Waals surface area (Å²) >= 11 is 0. The highest BCUT2D eigenvalue weighted by Gasteiger charge is 2.31. The average Bonchev–Trinajstić information content (AvgIpc) is 3.46. The molecule has 1 aliphatic heterocycles. The molecule has 0 radical (unpaired) electrons. The fourth-order valence-electron chi connectivity index (χ4n) is 3.46. The van der Waals surface area contributed by atoms with E-state index in [0.717, 1.165) is 23.1 Å². The summed E-state index contributed by atoms with van der Waals surface area (Å²) < 4.78 is 0. The monoisotopic (exact) mass is 339 g/mol. The molecule has 2 aromatic rings. The van der Waals surface area contributed by atoms with Gasteiger partial charge >= 0.3 is 0 Å². The van der Waals surface area contributed by atoms with E-state index < -0.39 is 0 Å². The van der Waals surface area contributed by atoms with E-state index in [9.17, 15) is 4.79 Å². The van der Waals surface area contributed by atoms with Crippen molar-refractivity contribution >= 4 is 5.82 Å². The Morgan fingerprint density at radius 1 is 1.16 bits per heavy atom. The quantitative estimate of drug-likeness (QED) is 0.895. The number of piperidine rings is 1. The highest BCUT2D eigenvalue weighted by molar-refractivity contribution is 5.56. The van der Waals surface area contributed by atoms with Gasteiger partial charge in [-0.05, 0) is 51.7 Å². The van der Waals surface area contributed by atoms with E-state index in [1.54, 1.807) is 13.1 Å². The maximum absolute atomic E-state index is 11.9. The minimum absolute atomic E-state index is 0.0906. The van der Waals surface area contributed by atoms with Crippen LogP contribution < -0.4 is 10.9 Å². The fourth-order valence-corrected chi connectivity index (χ4v) is 3.46. The van der Waals surface area contributed by atoms with Crippen molar-refractivity contribution in [2.75, 3.05) is 18.4 Å². The van der Waals surface area contributed by atoms with Crippen LogP contribution in [0.2, 0.25) is 0 Å². The Bertz CT molecular complexity index is 802. The molecule has 0 bridgehead atoms. The number of H-pyrrole nitrogens is 1. The third-order valence-electron chi connectivity index (χ3n) is 5.38. The maximum Gasteiger partial charge on any atom is 0.254 e. The van der Waals surface area contributed by atoms with Gasteiger partial charge in [-0.3, -0.25) is 4.79 Å². The minimum atomic E-state index is -0.0906. The van der Waals surface area contributed by atoms with Crippen molar-refractivity contribution in [3.63, 3.8) is 0 Å². The number of hydrogen-bond acceptors (Lipinski definition) is 5. The summed E-state index contributed by atoms with van der Waals surface area (Å²) in [5, 5.41) is 3.54. The first kappa shape index (κ1) is 16.3. The lowest BCUT2D eigenvalue weighted by Crippen LogP contribution is -2.40. The van der Waals surface area contributed by atoms with Crippen LogP contribution in [0.4, 0.5) is 5.82 Å². The number of aromatic amines is 1. The van der Waals surface area contributed by atoms with Crippen LogP contribution in [0.5, 0.6) is 0 Å². The van der Waals surface area contributed by atoms with E-state index in [1.807, 2.05) is 19.1 Å². The smallest absolute Gasteiger partial charge is 0.254 e. The lowest BCUT2D eigenvalue weighted by molar-refractivity contribution is 0.210. The molecule has 1 saturated carbocycles. The van der Waals surface area contributed by atoms with Crippen molar-refractivity contribution in [3.05, 3.63) is 39.9 Å². The third-order valence-corrected chi connectivity index (χ3v) is 5.38. The predicted molar refractivity (Wildman–Crippen MR) is 98.8 cm³/mol. The number of rotatable bonds is 4. The first-order valence-electron chi connectivity index (χ1n) is 9.14. The zero-order valence-electron chi connectivity index (χ0n) is 14.9. The molecular weight excluding hydrogens is 314 g/mol. The summed E-state index contributed by atoms with van der Waals surface area (Å²) in [6.45, 7) is 6.01. The first-order chi connectivity index (χ1) is 12.1. The first-order valence-corrected chi connectivity index (χ1v) is 9.14. The summed E-state index contributed by atoms with van der Waals surface area (Å²) in [4.78, 5) is 26.3. The molecule has 2 N–H and O–H groups in total. The number of likely N-dealkylation sites (tertiary alicyclic amines) is 1. The molecule has 25 heavy (non-hydrogen) atoms. The van der Waals surface area contributed by atoms with Gasteiger partial charge in [-0.25, -0.2) is 9.97 Å². The third kappa shape index (κ3) is 3.58. The molecule has 0 aromatic carbocycles. The van der Waals surface area contributed by atoms with Crippen LogP contribution >= 0.6 is 0 Å². The van der Waals surface area contributed by atoms with E-state index in [-0.39, 0.29) is 5.56 Å². The molecule has 0 spiro atoms. The van der Waals surface area contributed by atoms with E-state index in [4.69, 9.17) is 0 Å². The average molecular weight is 339 g/mol. The van der Waals surface area contributed by atoms with Gasteiger partial charge in [0, 0.05) is 48.2 Å². The van der Waals surface area contributed by atoms with Crippen LogP contribution in [0.3, 0.4) is 0 Å². The van der Waals surface area contributed by atoms with Crippen LogP contribution in [0.15, 0.2) is 23.1 Å². The molecule has 6 nitrogen and oxygen atoms in total. The van der Waals surface area contributed by atoms with Gasteiger partial charge in [0.2, 0.25) is 0 Å². The van der Waals surface area contributed by atoms with Crippen molar-refractivity contribution < 1.29 is 0 Å². The zero-order valence-corrected chi connectivity index (χ0v) is 14.9. The van der Waals surface area contributed by atoms with Gasteiger partial charge in [-0.15, -0.1) is 0 Å². The maximum atomic E-state index is 11.9. The Balaban J connectivity index is 1.41. The van der Waals surface area contributed by atoms with Gasteiger partial charge in [0.15, 0.2) is 0 Å². The molecule has 3 heterocycles. The van der Waals surface area contributed by atoms with Crippen LogP contribution in [-0.4, -0.2) is 45.0 Å². The fraction of sp³-hybridized carbons (Fsp3) is 0.526. The lowest BCUT2D eigenvalue weighted by atomic mass is 10.0. The van der Waals surface area contributed by atoms with Crippen LogP contribution in [0, 0.1) is 13.8 Å². The van der Waals surface area contributed by atoms with Gasteiger partial charge in [-0.2, -0.15) is 0 Å². The Hall–Kier alpha value is -2.21. The normalized spacial score (nSPS) is 19.1. The van der Waals surface area contributed by atoms with E-state index in [1.165, 1.54) is 38.8 Å². The number of hydrogen-bond donors (Lipinski definition) is 2. The molecule has 1 aliphatic carbocycles.